The second-order valence-corrected chi connectivity index (χ2v) is 8.74. The highest BCUT2D eigenvalue weighted by atomic mass is 16.5. The first-order chi connectivity index (χ1) is 15.7. The maximum absolute atomic E-state index is 12.9. The van der Waals surface area contributed by atoms with E-state index >= 15 is 0 Å². The Hall–Kier alpha value is -3.07. The van der Waals surface area contributed by atoms with Crippen molar-refractivity contribution < 1.29 is 9.53 Å². The smallest absolute Gasteiger partial charge is 0.222 e. The van der Waals surface area contributed by atoms with Crippen LogP contribution in [0.25, 0.3) is 11.1 Å². The quantitative estimate of drug-likeness (QED) is 0.430. The van der Waals surface area contributed by atoms with Crippen molar-refractivity contribution in [2.24, 2.45) is 5.92 Å². The summed E-state index contributed by atoms with van der Waals surface area (Å²) in [5.74, 6) is 1.92. The molecule has 0 radical (unpaired) electrons. The third-order valence-corrected chi connectivity index (χ3v) is 6.65. The number of rotatable bonds is 8. The van der Waals surface area contributed by atoms with Gasteiger partial charge in [-0.15, -0.1) is 0 Å². The van der Waals surface area contributed by atoms with Gasteiger partial charge in [0, 0.05) is 19.5 Å². The van der Waals surface area contributed by atoms with Gasteiger partial charge in [-0.25, -0.2) is 0 Å². The average Bonchev–Trinajstić information content (AvgIpc) is 2.87. The summed E-state index contributed by atoms with van der Waals surface area (Å²) in [7, 11) is 1.71. The van der Waals surface area contributed by atoms with E-state index in [-0.39, 0.29) is 0 Å². The highest BCUT2D eigenvalue weighted by molar-refractivity contribution is 5.77. The Morgan fingerprint density at radius 1 is 0.906 bits per heavy atom. The summed E-state index contributed by atoms with van der Waals surface area (Å²) in [6, 6.07) is 27.3. The van der Waals surface area contributed by atoms with Gasteiger partial charge in [0.05, 0.1) is 7.11 Å². The molecule has 1 aliphatic heterocycles. The molecule has 32 heavy (non-hydrogen) atoms. The summed E-state index contributed by atoms with van der Waals surface area (Å²) in [5, 5.41) is 0. The molecule has 3 aromatic carbocycles. The second-order valence-electron chi connectivity index (χ2n) is 8.74. The maximum atomic E-state index is 12.9. The topological polar surface area (TPSA) is 29.5 Å². The van der Waals surface area contributed by atoms with Crippen LogP contribution in [0.1, 0.15) is 36.8 Å². The Bertz CT molecular complexity index is 1010. The van der Waals surface area contributed by atoms with E-state index in [1.165, 1.54) is 28.7 Å². The molecule has 0 spiro atoms. The summed E-state index contributed by atoms with van der Waals surface area (Å²) in [6.07, 6.45) is 5.84. The minimum absolute atomic E-state index is 0.291. The number of nitrogens with zero attached hydrogens (tertiary/aromatic N) is 1. The normalized spacial score (nSPS) is 14.3. The predicted molar refractivity (Wildman–Crippen MR) is 131 cm³/mol. The Kier molecular flexibility index (Phi) is 7.60. The third kappa shape index (κ3) is 5.79. The van der Waals surface area contributed by atoms with Gasteiger partial charge in [0.25, 0.3) is 0 Å². The number of aryl methyl sites for hydroxylation is 2. The molecule has 0 bridgehead atoms. The molecule has 1 fully saturated rings. The lowest BCUT2D eigenvalue weighted by atomic mass is 9.90. The lowest BCUT2D eigenvalue weighted by Crippen LogP contribution is -2.38. The number of likely N-dealkylation sites (tertiary alicyclic amines) is 1. The van der Waals surface area contributed by atoms with Gasteiger partial charge in [0.1, 0.15) is 5.75 Å². The molecule has 0 N–H and O–H groups in total. The van der Waals surface area contributed by atoms with E-state index in [9.17, 15) is 4.79 Å². The van der Waals surface area contributed by atoms with Crippen LogP contribution in [0, 0.1) is 5.92 Å². The minimum Gasteiger partial charge on any atom is -0.497 e. The fourth-order valence-electron chi connectivity index (χ4n) is 4.71. The van der Waals surface area contributed by atoms with Gasteiger partial charge in [-0.1, -0.05) is 66.7 Å². The molecule has 0 aromatic heterocycles. The highest BCUT2D eigenvalue weighted by Crippen LogP contribution is 2.26. The Labute approximate surface area is 192 Å². The van der Waals surface area contributed by atoms with E-state index in [4.69, 9.17) is 4.74 Å². The third-order valence-electron chi connectivity index (χ3n) is 6.65. The van der Waals surface area contributed by atoms with Crippen LogP contribution < -0.4 is 4.74 Å². The molecule has 166 valence electrons. The standard InChI is InChI=1S/C29H33NO2/c1-32-27-12-7-8-24(22-27)15-14-23-18-20-30(21-19-23)29(31)17-16-26-11-5-6-13-28(26)25-9-3-2-4-10-25/h2-13,22-23H,14-21H2,1H3. The fraction of sp³-hybridized carbons (Fsp3) is 0.345. The Morgan fingerprint density at radius 3 is 2.44 bits per heavy atom. The molecule has 0 atom stereocenters. The molecule has 3 nitrogen and oxygen atoms in total. The van der Waals surface area contributed by atoms with Gasteiger partial charge < -0.3 is 9.64 Å². The van der Waals surface area contributed by atoms with Crippen LogP contribution in [0.15, 0.2) is 78.9 Å². The van der Waals surface area contributed by atoms with E-state index in [0.717, 1.165) is 44.5 Å². The number of piperidine rings is 1. The van der Waals surface area contributed by atoms with Crippen molar-refractivity contribution in [3.8, 4) is 16.9 Å². The summed E-state index contributed by atoms with van der Waals surface area (Å²) in [6.45, 7) is 1.78. The molecular weight excluding hydrogens is 394 g/mol. The molecule has 1 aliphatic rings. The van der Waals surface area contributed by atoms with Crippen LogP contribution in [0.3, 0.4) is 0 Å². The number of hydrogen-bond donors (Lipinski definition) is 0. The highest BCUT2D eigenvalue weighted by Gasteiger charge is 2.22. The van der Waals surface area contributed by atoms with E-state index in [1.54, 1.807) is 7.11 Å². The SMILES string of the molecule is COc1cccc(CCC2CCN(C(=O)CCc3ccccc3-c3ccccc3)CC2)c1. The number of carbonyl (C=O) groups excluding carboxylic acids is 1. The van der Waals surface area contributed by atoms with E-state index < -0.39 is 0 Å². The maximum Gasteiger partial charge on any atom is 0.222 e. The van der Waals surface area contributed by atoms with Gasteiger partial charge in [-0.3, -0.25) is 4.79 Å². The largest absolute Gasteiger partial charge is 0.497 e. The van der Waals surface area contributed by atoms with Crippen molar-refractivity contribution >= 4 is 5.91 Å². The van der Waals surface area contributed by atoms with E-state index in [1.807, 2.05) is 12.1 Å². The fourth-order valence-corrected chi connectivity index (χ4v) is 4.71. The van der Waals surface area contributed by atoms with Gasteiger partial charge >= 0.3 is 0 Å². The van der Waals surface area contributed by atoms with Crippen LogP contribution in [-0.2, 0) is 17.6 Å². The van der Waals surface area contributed by atoms with Crippen molar-refractivity contribution in [1.29, 1.82) is 0 Å². The number of benzene rings is 3. The molecular formula is C29H33NO2. The summed E-state index contributed by atoms with van der Waals surface area (Å²) in [4.78, 5) is 15.0. The lowest BCUT2D eigenvalue weighted by molar-refractivity contribution is -0.132. The lowest BCUT2D eigenvalue weighted by Gasteiger charge is -2.32. The average molecular weight is 428 g/mol. The summed E-state index contributed by atoms with van der Waals surface area (Å²) in [5.41, 5.74) is 5.03. The monoisotopic (exact) mass is 427 g/mol. The van der Waals surface area contributed by atoms with Gasteiger partial charge in [0.2, 0.25) is 5.91 Å². The first-order valence-electron chi connectivity index (χ1n) is 11.8. The van der Waals surface area contributed by atoms with Crippen LogP contribution in [0.4, 0.5) is 0 Å². The van der Waals surface area contributed by atoms with Crippen LogP contribution in [0.2, 0.25) is 0 Å². The Morgan fingerprint density at radius 2 is 1.66 bits per heavy atom. The van der Waals surface area contributed by atoms with Crippen LogP contribution in [-0.4, -0.2) is 31.0 Å². The first-order valence-corrected chi connectivity index (χ1v) is 11.8. The number of amides is 1. The molecule has 1 heterocycles. The van der Waals surface area contributed by atoms with Gasteiger partial charge in [0.15, 0.2) is 0 Å². The molecule has 1 saturated heterocycles. The molecule has 3 aromatic rings. The van der Waals surface area contributed by atoms with Crippen molar-refractivity contribution in [2.45, 2.75) is 38.5 Å². The second kappa shape index (κ2) is 11.0. The molecule has 4 rings (SSSR count). The molecule has 0 aliphatic carbocycles. The first kappa shape index (κ1) is 22.1. The van der Waals surface area contributed by atoms with E-state index in [2.05, 4.69) is 71.6 Å². The minimum atomic E-state index is 0.291. The zero-order chi connectivity index (χ0) is 22.2. The predicted octanol–water partition coefficient (Wildman–Crippen LogP) is 6.17. The number of hydrogen-bond acceptors (Lipinski definition) is 2. The van der Waals surface area contributed by atoms with Crippen LogP contribution >= 0.6 is 0 Å². The van der Waals surface area contributed by atoms with Crippen molar-refractivity contribution in [2.75, 3.05) is 20.2 Å². The van der Waals surface area contributed by atoms with Gasteiger partial charge in [-0.05, 0) is 72.4 Å². The number of methoxy groups -OCH3 is 1. The molecule has 1 amide bonds. The summed E-state index contributed by atoms with van der Waals surface area (Å²) >= 11 is 0. The zero-order valence-corrected chi connectivity index (χ0v) is 19.0. The van der Waals surface area contributed by atoms with Crippen LogP contribution in [0.5, 0.6) is 5.75 Å². The van der Waals surface area contributed by atoms with Gasteiger partial charge in [-0.2, -0.15) is 0 Å². The van der Waals surface area contributed by atoms with E-state index in [0.29, 0.717) is 18.2 Å². The summed E-state index contributed by atoms with van der Waals surface area (Å²) < 4.78 is 5.33. The number of ether oxygens (including phenoxy) is 1. The zero-order valence-electron chi connectivity index (χ0n) is 19.0. The Balaban J connectivity index is 1.25. The van der Waals surface area contributed by atoms with Crippen molar-refractivity contribution in [3.05, 3.63) is 90.0 Å². The molecule has 3 heteroatoms. The molecule has 0 saturated carbocycles. The van der Waals surface area contributed by atoms with Crippen molar-refractivity contribution in [1.82, 2.24) is 4.90 Å². The van der Waals surface area contributed by atoms with Crippen molar-refractivity contribution in [3.63, 3.8) is 0 Å². The number of carbonyl (C=O) groups is 1. The molecule has 0 unspecified atom stereocenters.